The molecule has 2 N–H and O–H groups in total. The Bertz CT molecular complexity index is 597. The molecule has 6 heteroatoms. The Morgan fingerprint density at radius 1 is 1.23 bits per heavy atom. The Labute approximate surface area is 128 Å². The Morgan fingerprint density at radius 2 is 1.91 bits per heavy atom. The van der Waals surface area contributed by atoms with E-state index in [0.29, 0.717) is 5.56 Å². The lowest BCUT2D eigenvalue weighted by atomic mass is 9.44. The first-order valence-corrected chi connectivity index (χ1v) is 7.32. The molecule has 5 nitrogen and oxygen atoms in total. The number of halogens is 1. The van der Waals surface area contributed by atoms with Crippen molar-refractivity contribution in [3.63, 3.8) is 0 Å². The highest BCUT2D eigenvalue weighted by Crippen LogP contribution is 2.60. The smallest absolute Gasteiger partial charge is 0.246 e. The Hall–Kier alpha value is -1.95. The van der Waals surface area contributed by atoms with Gasteiger partial charge in [-0.05, 0) is 37.0 Å². The molecule has 0 saturated heterocycles. The molecule has 118 valence electrons. The lowest BCUT2D eigenvalue weighted by Crippen LogP contribution is -2.83. The van der Waals surface area contributed by atoms with Gasteiger partial charge in [-0.2, -0.15) is 0 Å². The summed E-state index contributed by atoms with van der Waals surface area (Å²) in [5, 5.41) is 5.90. The van der Waals surface area contributed by atoms with Gasteiger partial charge in [-0.1, -0.05) is 12.1 Å². The highest BCUT2D eigenvalue weighted by molar-refractivity contribution is 5.80. The predicted octanol–water partition coefficient (Wildman–Crippen LogP) is 1.27. The molecule has 0 atom stereocenters. The van der Waals surface area contributed by atoms with E-state index in [4.69, 9.17) is 4.74 Å². The highest BCUT2D eigenvalue weighted by atomic mass is 19.1. The van der Waals surface area contributed by atoms with Crippen LogP contribution in [0.4, 0.5) is 4.39 Å². The van der Waals surface area contributed by atoms with E-state index < -0.39 is 0 Å². The van der Waals surface area contributed by atoms with E-state index in [0.717, 1.165) is 19.3 Å². The van der Waals surface area contributed by atoms with E-state index >= 15 is 0 Å². The summed E-state index contributed by atoms with van der Waals surface area (Å²) in [5.74, 6) is -0.520. The second-order valence-corrected chi connectivity index (χ2v) is 6.44. The monoisotopic (exact) mass is 306 g/mol. The minimum absolute atomic E-state index is 0.0296. The van der Waals surface area contributed by atoms with Gasteiger partial charge in [-0.3, -0.25) is 9.59 Å². The number of benzene rings is 1. The number of nitrogens with one attached hydrogen (secondary N) is 2. The second-order valence-electron chi connectivity index (χ2n) is 6.44. The molecule has 0 unspecified atom stereocenters. The largest absolute Gasteiger partial charge is 0.367 e. The molecule has 2 amide bonds. The van der Waals surface area contributed by atoms with Crippen LogP contribution >= 0.6 is 0 Å². The van der Waals surface area contributed by atoms with Crippen molar-refractivity contribution in [2.75, 3.05) is 6.61 Å². The molecule has 2 bridgehead atoms. The molecular weight excluding hydrogens is 287 g/mol. The van der Waals surface area contributed by atoms with Gasteiger partial charge in [0, 0.05) is 18.0 Å². The topological polar surface area (TPSA) is 67.4 Å². The summed E-state index contributed by atoms with van der Waals surface area (Å²) in [4.78, 5) is 22.9. The first-order chi connectivity index (χ1) is 10.4. The van der Waals surface area contributed by atoms with Gasteiger partial charge < -0.3 is 15.4 Å². The third kappa shape index (κ3) is 2.97. The normalized spacial score (nSPS) is 28.3. The summed E-state index contributed by atoms with van der Waals surface area (Å²) in [7, 11) is 0. The van der Waals surface area contributed by atoms with Crippen LogP contribution in [0.1, 0.15) is 31.7 Å². The number of hydrogen-bond acceptors (Lipinski definition) is 3. The average molecular weight is 306 g/mol. The fourth-order valence-electron chi connectivity index (χ4n) is 3.65. The molecule has 0 heterocycles. The third-order valence-electron chi connectivity index (χ3n) is 4.27. The lowest BCUT2D eigenvalue weighted by Gasteiger charge is -2.70. The van der Waals surface area contributed by atoms with Crippen molar-refractivity contribution in [2.45, 2.75) is 43.9 Å². The van der Waals surface area contributed by atoms with E-state index in [1.54, 1.807) is 12.1 Å². The van der Waals surface area contributed by atoms with Gasteiger partial charge in [0.25, 0.3) is 0 Å². The van der Waals surface area contributed by atoms with E-state index in [9.17, 15) is 14.0 Å². The van der Waals surface area contributed by atoms with Gasteiger partial charge in [0.15, 0.2) is 0 Å². The van der Waals surface area contributed by atoms with E-state index in [1.165, 1.54) is 19.1 Å². The minimum atomic E-state index is -0.317. The van der Waals surface area contributed by atoms with Crippen molar-refractivity contribution in [3.05, 3.63) is 35.6 Å². The van der Waals surface area contributed by atoms with Crippen LogP contribution in [0, 0.1) is 5.82 Å². The zero-order valence-corrected chi connectivity index (χ0v) is 12.4. The zero-order chi connectivity index (χ0) is 15.8. The summed E-state index contributed by atoms with van der Waals surface area (Å²) in [5.41, 5.74) is 0.437. The molecule has 22 heavy (non-hydrogen) atoms. The Balaban J connectivity index is 1.37. The number of carbonyl (C=O) groups is 2. The third-order valence-corrected chi connectivity index (χ3v) is 4.27. The van der Waals surface area contributed by atoms with Gasteiger partial charge >= 0.3 is 0 Å². The maximum absolute atomic E-state index is 13.0. The average Bonchev–Trinajstić information content (AvgIpc) is 2.34. The van der Waals surface area contributed by atoms with Crippen molar-refractivity contribution >= 4 is 11.8 Å². The summed E-state index contributed by atoms with van der Waals surface area (Å²) in [6, 6.07) is 6.11. The van der Waals surface area contributed by atoms with Crippen LogP contribution in [0.5, 0.6) is 0 Å². The van der Waals surface area contributed by atoms with E-state index in [-0.39, 0.29) is 41.9 Å². The van der Waals surface area contributed by atoms with E-state index in [1.807, 2.05) is 0 Å². The maximum Gasteiger partial charge on any atom is 0.246 e. The first-order valence-electron chi connectivity index (χ1n) is 7.32. The fraction of sp³-hybridized carbons (Fsp3) is 0.500. The number of carbonyl (C=O) groups excluding carboxylic acids is 2. The first kappa shape index (κ1) is 15.0. The van der Waals surface area contributed by atoms with Crippen LogP contribution in [0.2, 0.25) is 0 Å². The zero-order valence-electron chi connectivity index (χ0n) is 12.4. The van der Waals surface area contributed by atoms with Crippen LogP contribution in [0.15, 0.2) is 24.3 Å². The van der Waals surface area contributed by atoms with Gasteiger partial charge in [0.2, 0.25) is 11.8 Å². The maximum atomic E-state index is 13.0. The van der Waals surface area contributed by atoms with Crippen molar-refractivity contribution in [1.29, 1.82) is 0 Å². The van der Waals surface area contributed by atoms with E-state index in [2.05, 4.69) is 10.6 Å². The van der Waals surface area contributed by atoms with Crippen LogP contribution < -0.4 is 10.6 Å². The molecule has 3 aliphatic rings. The van der Waals surface area contributed by atoms with Crippen LogP contribution in [-0.4, -0.2) is 29.5 Å². The number of amides is 2. The molecule has 4 rings (SSSR count). The molecule has 3 fully saturated rings. The summed E-state index contributed by atoms with van der Waals surface area (Å²) < 4.78 is 18.3. The molecule has 1 aromatic carbocycles. The standard InChI is InChI=1S/C16H19FN2O3/c1-11(20)18-15-8-16(9-15,10-15)19-14(21)7-22-6-12-3-2-4-13(17)5-12/h2-5H,6-10H2,1H3,(H,18,20)(H,19,21). The minimum Gasteiger partial charge on any atom is -0.367 e. The number of ether oxygens (including phenoxy) is 1. The Morgan fingerprint density at radius 3 is 2.55 bits per heavy atom. The Kier molecular flexibility index (Phi) is 3.64. The van der Waals surface area contributed by atoms with Gasteiger partial charge in [0.05, 0.1) is 6.61 Å². The SMILES string of the molecule is CC(=O)NC12CC(NC(=O)COCc3cccc(F)c3)(C1)C2. The quantitative estimate of drug-likeness (QED) is 0.832. The summed E-state index contributed by atoms with van der Waals surface area (Å²) in [6.07, 6.45) is 2.36. The van der Waals surface area contributed by atoms with Gasteiger partial charge in [-0.15, -0.1) is 0 Å². The van der Waals surface area contributed by atoms with Crippen LogP contribution in [-0.2, 0) is 20.9 Å². The van der Waals surface area contributed by atoms with Crippen LogP contribution in [0.25, 0.3) is 0 Å². The molecule has 0 aromatic heterocycles. The van der Waals surface area contributed by atoms with Crippen molar-refractivity contribution in [1.82, 2.24) is 10.6 Å². The number of rotatable bonds is 6. The fourth-order valence-corrected chi connectivity index (χ4v) is 3.65. The molecule has 3 aliphatic carbocycles. The van der Waals surface area contributed by atoms with Crippen LogP contribution in [0.3, 0.4) is 0 Å². The summed E-state index contributed by atoms with van der Waals surface area (Å²) >= 11 is 0. The lowest BCUT2D eigenvalue weighted by molar-refractivity contribution is -0.151. The van der Waals surface area contributed by atoms with Crippen molar-refractivity contribution < 1.29 is 18.7 Å². The van der Waals surface area contributed by atoms with Crippen molar-refractivity contribution in [2.24, 2.45) is 0 Å². The van der Waals surface area contributed by atoms with Gasteiger partial charge in [-0.25, -0.2) is 4.39 Å². The second kappa shape index (κ2) is 5.35. The van der Waals surface area contributed by atoms with Crippen molar-refractivity contribution in [3.8, 4) is 0 Å². The molecule has 0 aliphatic heterocycles. The number of hydrogen-bond donors (Lipinski definition) is 2. The molecule has 0 radical (unpaired) electrons. The predicted molar refractivity (Wildman–Crippen MR) is 77.3 cm³/mol. The molecular formula is C16H19FN2O3. The molecule has 1 aromatic rings. The molecule has 0 spiro atoms. The molecule has 3 saturated carbocycles. The summed E-state index contributed by atoms with van der Waals surface area (Å²) in [6.45, 7) is 1.66. The highest BCUT2D eigenvalue weighted by Gasteiger charge is 2.69. The van der Waals surface area contributed by atoms with Gasteiger partial charge in [0.1, 0.15) is 12.4 Å².